The molecule has 0 aromatic heterocycles. The molecule has 0 aliphatic carbocycles. The molecule has 1 saturated heterocycles. The second-order valence-electron chi connectivity index (χ2n) is 7.02. The highest BCUT2D eigenvalue weighted by Crippen LogP contribution is 2.16. The molecule has 3 rings (SSSR count). The summed E-state index contributed by atoms with van der Waals surface area (Å²) in [6.07, 6.45) is 2.86. The van der Waals surface area contributed by atoms with Crippen molar-refractivity contribution in [2.75, 3.05) is 18.5 Å². The van der Waals surface area contributed by atoms with E-state index in [-0.39, 0.29) is 29.5 Å². The van der Waals surface area contributed by atoms with E-state index in [9.17, 15) is 9.59 Å². The number of hydrogen-bond acceptors (Lipinski definition) is 4. The van der Waals surface area contributed by atoms with E-state index in [1.54, 1.807) is 30.3 Å². The van der Waals surface area contributed by atoms with Crippen molar-refractivity contribution in [2.45, 2.75) is 31.8 Å². The quantitative estimate of drug-likeness (QED) is 0.566. The first kappa shape index (κ1) is 22.2. The minimum Gasteiger partial charge on any atom is -0.376 e. The minimum atomic E-state index is -0.210. The first-order chi connectivity index (χ1) is 14.5. The van der Waals surface area contributed by atoms with Crippen LogP contribution in [0.15, 0.2) is 48.5 Å². The fraction of sp³-hybridized carbons (Fsp3) is 0.318. The van der Waals surface area contributed by atoms with Crippen molar-refractivity contribution in [3.63, 3.8) is 0 Å². The molecule has 1 aliphatic rings. The van der Waals surface area contributed by atoms with Crippen molar-refractivity contribution in [2.24, 2.45) is 0 Å². The lowest BCUT2D eigenvalue weighted by molar-refractivity contribution is -0.119. The van der Waals surface area contributed by atoms with Gasteiger partial charge in [0.1, 0.15) is 0 Å². The number of ether oxygens (including phenoxy) is 1. The number of aryl methyl sites for hydroxylation is 1. The number of carbonyl (C=O) groups excluding carboxylic acids is 2. The van der Waals surface area contributed by atoms with Gasteiger partial charge in [0.25, 0.3) is 5.91 Å². The predicted molar refractivity (Wildman–Crippen MR) is 122 cm³/mol. The highest BCUT2D eigenvalue weighted by atomic mass is 35.5. The molecule has 0 radical (unpaired) electrons. The Bertz CT molecular complexity index is 916. The van der Waals surface area contributed by atoms with Crippen LogP contribution in [0.1, 0.15) is 35.2 Å². The van der Waals surface area contributed by atoms with Gasteiger partial charge in [0.2, 0.25) is 5.91 Å². The van der Waals surface area contributed by atoms with E-state index < -0.39 is 0 Å². The average molecular weight is 446 g/mol. The summed E-state index contributed by atoms with van der Waals surface area (Å²) in [6, 6.07) is 14.4. The SMILES string of the molecule is O=C(CCc1ccccc1Cl)NC(=S)Nc1cccc(C(=O)NCC2CCCO2)c1. The van der Waals surface area contributed by atoms with Gasteiger partial charge in [-0.3, -0.25) is 9.59 Å². The Morgan fingerprint density at radius 1 is 1.17 bits per heavy atom. The lowest BCUT2D eigenvalue weighted by atomic mass is 10.1. The van der Waals surface area contributed by atoms with Crippen LogP contribution in [-0.4, -0.2) is 36.2 Å². The van der Waals surface area contributed by atoms with Crippen LogP contribution >= 0.6 is 23.8 Å². The van der Waals surface area contributed by atoms with Crippen LogP contribution in [0.5, 0.6) is 0 Å². The average Bonchev–Trinajstić information content (AvgIpc) is 3.25. The normalized spacial score (nSPS) is 15.4. The van der Waals surface area contributed by atoms with Crippen molar-refractivity contribution in [3.05, 3.63) is 64.7 Å². The number of carbonyl (C=O) groups is 2. The molecule has 1 unspecified atom stereocenters. The Hall–Kier alpha value is -2.48. The van der Waals surface area contributed by atoms with Gasteiger partial charge < -0.3 is 20.7 Å². The molecule has 2 amide bonds. The maximum absolute atomic E-state index is 12.4. The summed E-state index contributed by atoms with van der Waals surface area (Å²) >= 11 is 11.3. The molecule has 3 N–H and O–H groups in total. The number of rotatable bonds is 7. The van der Waals surface area contributed by atoms with Crippen molar-refractivity contribution in [1.82, 2.24) is 10.6 Å². The zero-order chi connectivity index (χ0) is 21.3. The van der Waals surface area contributed by atoms with Crippen LogP contribution in [0, 0.1) is 0 Å². The molecule has 30 heavy (non-hydrogen) atoms. The molecular weight excluding hydrogens is 422 g/mol. The Labute approximate surface area is 186 Å². The summed E-state index contributed by atoms with van der Waals surface area (Å²) in [5.41, 5.74) is 2.04. The number of anilines is 1. The van der Waals surface area contributed by atoms with Gasteiger partial charge in [-0.15, -0.1) is 0 Å². The van der Waals surface area contributed by atoms with Crippen LogP contribution in [0.3, 0.4) is 0 Å². The van der Waals surface area contributed by atoms with Crippen LogP contribution in [0.4, 0.5) is 5.69 Å². The molecule has 1 fully saturated rings. The van der Waals surface area contributed by atoms with Gasteiger partial charge in [-0.05, 0) is 61.3 Å². The summed E-state index contributed by atoms with van der Waals surface area (Å²) in [5, 5.41) is 9.30. The molecule has 2 aromatic rings. The standard InChI is InChI=1S/C22H24ClN3O3S/c23-19-9-2-1-5-15(19)10-11-20(27)26-22(30)25-17-7-3-6-16(13-17)21(28)24-14-18-8-4-12-29-18/h1-3,5-7,9,13,18H,4,8,10-12,14H2,(H,24,28)(H2,25,26,27,30). The van der Waals surface area contributed by atoms with Gasteiger partial charge in [-0.2, -0.15) is 0 Å². The molecule has 158 valence electrons. The minimum absolute atomic E-state index is 0.0869. The van der Waals surface area contributed by atoms with E-state index in [1.165, 1.54) is 0 Å². The Morgan fingerprint density at radius 3 is 2.77 bits per heavy atom. The fourth-order valence-corrected chi connectivity index (χ4v) is 3.61. The molecule has 0 saturated carbocycles. The topological polar surface area (TPSA) is 79.5 Å². The fourth-order valence-electron chi connectivity index (χ4n) is 3.15. The second kappa shape index (κ2) is 11.1. The van der Waals surface area contributed by atoms with Crippen molar-refractivity contribution in [3.8, 4) is 0 Å². The van der Waals surface area contributed by atoms with Gasteiger partial charge in [0, 0.05) is 35.8 Å². The highest BCUT2D eigenvalue weighted by Gasteiger charge is 2.17. The zero-order valence-electron chi connectivity index (χ0n) is 16.4. The Kier molecular flexibility index (Phi) is 8.19. The molecule has 1 atom stereocenters. The largest absolute Gasteiger partial charge is 0.376 e. The smallest absolute Gasteiger partial charge is 0.251 e. The van der Waals surface area contributed by atoms with E-state index in [4.69, 9.17) is 28.6 Å². The number of thiocarbonyl (C=S) groups is 1. The third-order valence-electron chi connectivity index (χ3n) is 4.73. The second-order valence-corrected chi connectivity index (χ2v) is 7.84. The first-order valence-corrected chi connectivity index (χ1v) is 10.6. The Morgan fingerprint density at radius 2 is 2.00 bits per heavy atom. The third-order valence-corrected chi connectivity index (χ3v) is 5.30. The first-order valence-electron chi connectivity index (χ1n) is 9.85. The van der Waals surface area contributed by atoms with E-state index in [2.05, 4.69) is 16.0 Å². The predicted octanol–water partition coefficient (Wildman–Crippen LogP) is 3.69. The van der Waals surface area contributed by atoms with Crippen LogP contribution < -0.4 is 16.0 Å². The third kappa shape index (κ3) is 6.79. The van der Waals surface area contributed by atoms with Crippen molar-refractivity contribution < 1.29 is 14.3 Å². The van der Waals surface area contributed by atoms with Gasteiger partial charge >= 0.3 is 0 Å². The Balaban J connectivity index is 1.46. The number of halogens is 1. The molecule has 2 aromatic carbocycles. The number of benzene rings is 2. The summed E-state index contributed by atoms with van der Waals surface area (Å²) in [5.74, 6) is -0.387. The van der Waals surface area contributed by atoms with Crippen molar-refractivity contribution >= 4 is 46.4 Å². The lowest BCUT2D eigenvalue weighted by Gasteiger charge is -2.13. The molecule has 0 bridgehead atoms. The van der Waals surface area contributed by atoms with Gasteiger partial charge in [-0.25, -0.2) is 0 Å². The van der Waals surface area contributed by atoms with Gasteiger partial charge in [0.05, 0.1) is 6.10 Å². The van der Waals surface area contributed by atoms with E-state index in [0.717, 1.165) is 25.0 Å². The molecule has 1 heterocycles. The summed E-state index contributed by atoms with van der Waals surface area (Å²) in [4.78, 5) is 24.5. The molecule has 6 nitrogen and oxygen atoms in total. The molecular formula is C22H24ClN3O3S. The molecule has 8 heteroatoms. The summed E-state index contributed by atoms with van der Waals surface area (Å²) in [7, 11) is 0. The van der Waals surface area contributed by atoms with Crippen LogP contribution in [-0.2, 0) is 16.0 Å². The summed E-state index contributed by atoms with van der Waals surface area (Å²) < 4.78 is 5.52. The maximum atomic E-state index is 12.4. The van der Waals surface area contributed by atoms with E-state index >= 15 is 0 Å². The van der Waals surface area contributed by atoms with Gasteiger partial charge in [-0.1, -0.05) is 35.9 Å². The maximum Gasteiger partial charge on any atom is 0.251 e. The summed E-state index contributed by atoms with van der Waals surface area (Å²) in [6.45, 7) is 1.25. The number of amides is 2. The zero-order valence-corrected chi connectivity index (χ0v) is 18.0. The highest BCUT2D eigenvalue weighted by molar-refractivity contribution is 7.80. The van der Waals surface area contributed by atoms with E-state index in [1.807, 2.05) is 18.2 Å². The van der Waals surface area contributed by atoms with Gasteiger partial charge in [0.15, 0.2) is 5.11 Å². The van der Waals surface area contributed by atoms with Crippen LogP contribution in [0.2, 0.25) is 5.02 Å². The van der Waals surface area contributed by atoms with Crippen LogP contribution in [0.25, 0.3) is 0 Å². The molecule has 0 spiro atoms. The molecule has 1 aliphatic heterocycles. The number of nitrogens with one attached hydrogen (secondary N) is 3. The monoisotopic (exact) mass is 445 g/mol. The van der Waals surface area contributed by atoms with Crippen molar-refractivity contribution in [1.29, 1.82) is 0 Å². The number of hydrogen-bond donors (Lipinski definition) is 3. The van der Waals surface area contributed by atoms with E-state index in [0.29, 0.717) is 29.2 Å². The lowest BCUT2D eigenvalue weighted by Crippen LogP contribution is -2.34.